The van der Waals surface area contributed by atoms with E-state index in [9.17, 15) is 24.3 Å². The number of nitrogens with zero attached hydrogens (tertiary/aromatic N) is 2. The number of ether oxygens (including phenoxy) is 1. The van der Waals surface area contributed by atoms with E-state index in [-0.39, 0.29) is 49.7 Å². The zero-order chi connectivity index (χ0) is 38.8. The van der Waals surface area contributed by atoms with Gasteiger partial charge in [0.05, 0.1) is 34.1 Å². The molecule has 2 spiro atoms. The summed E-state index contributed by atoms with van der Waals surface area (Å²) in [7, 11) is 0. The highest BCUT2D eigenvalue weighted by molar-refractivity contribution is 7.13. The van der Waals surface area contributed by atoms with E-state index in [1.165, 1.54) is 11.3 Å². The number of carbonyl (C=O) groups excluding carboxylic acids is 4. The molecule has 5 saturated carbocycles. The molecule has 4 bridgehead atoms. The van der Waals surface area contributed by atoms with Gasteiger partial charge in [0.1, 0.15) is 12.1 Å². The van der Waals surface area contributed by atoms with Gasteiger partial charge in [0.25, 0.3) is 0 Å². The van der Waals surface area contributed by atoms with Crippen LogP contribution >= 0.6 is 11.3 Å². The molecule has 2 aromatic rings. The van der Waals surface area contributed by atoms with Crippen LogP contribution in [0.1, 0.15) is 103 Å². The van der Waals surface area contributed by atoms with Crippen molar-refractivity contribution in [3.8, 4) is 10.4 Å². The standard InChI is InChI=1S/C41H55N5O8S/c1-24-33(55-23-44-24)27-10-8-25(9-11-27)20-42-35(49)31-16-30(47)22-46(31)36(50)34(38(2,3)4)45-32(48)21-43-37(51)39-17-26-14-28(18-39)41(29(15-26)19-39)52-40(53-54-41)12-6-5-7-13-40/h8-11,23,26,28-31,34,47H,5-7,12-22H2,1-4H3,(H,42,49)(H,43,51)(H,45,48). The number of aromatic nitrogens is 1. The van der Waals surface area contributed by atoms with Gasteiger partial charge in [0.15, 0.2) is 0 Å². The van der Waals surface area contributed by atoms with Gasteiger partial charge in [0.2, 0.25) is 35.2 Å². The molecule has 2 aliphatic heterocycles. The molecular formula is C41H55N5O8S. The van der Waals surface area contributed by atoms with E-state index in [0.29, 0.717) is 18.8 Å². The molecule has 3 heterocycles. The number of β-amino-alcohol motifs (C(OH)–C–C–N with tert-alkyl or cyclic N) is 1. The highest BCUT2D eigenvalue weighted by Crippen LogP contribution is 2.67. The summed E-state index contributed by atoms with van der Waals surface area (Å²) >= 11 is 1.58. The Morgan fingerprint density at radius 1 is 0.982 bits per heavy atom. The first-order chi connectivity index (χ1) is 26.2. The van der Waals surface area contributed by atoms with Gasteiger partial charge in [0, 0.05) is 44.2 Å². The maximum Gasteiger partial charge on any atom is 0.246 e. The Morgan fingerprint density at radius 2 is 1.69 bits per heavy atom. The number of likely N-dealkylation sites (tertiary alicyclic amines) is 1. The van der Waals surface area contributed by atoms with Gasteiger partial charge in [-0.25, -0.2) is 4.98 Å². The fraction of sp³-hybridized carbons (Fsp3) is 0.683. The number of rotatable bonds is 9. The number of carbonyl (C=O) groups is 4. The predicted molar refractivity (Wildman–Crippen MR) is 202 cm³/mol. The molecule has 4 amide bonds. The quantitative estimate of drug-likeness (QED) is 0.268. The summed E-state index contributed by atoms with van der Waals surface area (Å²) in [4.78, 5) is 74.0. The van der Waals surface area contributed by atoms with Crippen LogP contribution in [-0.4, -0.2) is 81.5 Å². The topological polar surface area (TPSA) is 168 Å². The Hall–Kier alpha value is -3.43. The van der Waals surface area contributed by atoms with Gasteiger partial charge in [-0.05, 0) is 74.3 Å². The molecule has 1 aromatic heterocycles. The molecule has 5 unspecified atom stereocenters. The van der Waals surface area contributed by atoms with Gasteiger partial charge in [-0.2, -0.15) is 9.78 Å². The van der Waals surface area contributed by atoms with Crippen LogP contribution in [0.4, 0.5) is 0 Å². The second-order valence-electron chi connectivity index (χ2n) is 18.2. The van der Waals surface area contributed by atoms with Crippen molar-refractivity contribution in [2.24, 2.45) is 28.6 Å². The van der Waals surface area contributed by atoms with Crippen molar-refractivity contribution in [3.63, 3.8) is 0 Å². The van der Waals surface area contributed by atoms with Gasteiger partial charge in [-0.3, -0.25) is 19.2 Å². The fourth-order valence-electron chi connectivity index (χ4n) is 10.6. The Kier molecular flexibility index (Phi) is 10.1. The third-order valence-corrected chi connectivity index (χ3v) is 14.2. The van der Waals surface area contributed by atoms with Gasteiger partial charge in [-0.15, -0.1) is 11.3 Å². The minimum absolute atomic E-state index is 0.0217. The first-order valence-corrected chi connectivity index (χ1v) is 21.0. The second-order valence-corrected chi connectivity index (χ2v) is 19.1. The Labute approximate surface area is 326 Å². The maximum atomic E-state index is 14.1. The van der Waals surface area contributed by atoms with E-state index >= 15 is 0 Å². The number of amides is 4. The van der Waals surface area contributed by atoms with Crippen LogP contribution in [0.5, 0.6) is 0 Å². The summed E-state index contributed by atoms with van der Waals surface area (Å²) in [6, 6.07) is 6.00. The number of hydrogen-bond acceptors (Lipinski definition) is 10. The van der Waals surface area contributed by atoms with Crippen molar-refractivity contribution < 1.29 is 38.8 Å². The first kappa shape index (κ1) is 38.4. The summed E-state index contributed by atoms with van der Waals surface area (Å²) < 4.78 is 6.78. The number of aryl methyl sites for hydroxylation is 1. The van der Waals surface area contributed by atoms with Crippen LogP contribution in [0.15, 0.2) is 29.8 Å². The summed E-state index contributed by atoms with van der Waals surface area (Å²) in [5.41, 5.74) is 3.40. The molecule has 0 radical (unpaired) electrons. The predicted octanol–water partition coefficient (Wildman–Crippen LogP) is 4.51. The zero-order valence-corrected chi connectivity index (χ0v) is 33.2. The van der Waals surface area contributed by atoms with Gasteiger partial charge in [-0.1, -0.05) is 51.5 Å². The van der Waals surface area contributed by atoms with E-state index in [1.54, 1.807) is 11.3 Å². The molecule has 55 heavy (non-hydrogen) atoms. The molecule has 14 heteroatoms. The van der Waals surface area contributed by atoms with Crippen LogP contribution in [0, 0.1) is 35.5 Å². The normalized spacial score (nSPS) is 32.5. The lowest BCUT2D eigenvalue weighted by molar-refractivity contribution is -0.393. The lowest BCUT2D eigenvalue weighted by Gasteiger charge is -2.61. The van der Waals surface area contributed by atoms with Crippen LogP contribution in [0.25, 0.3) is 10.4 Å². The highest BCUT2D eigenvalue weighted by atomic mass is 32.1. The summed E-state index contributed by atoms with van der Waals surface area (Å²) in [5, 5.41) is 19.4. The lowest BCUT2D eigenvalue weighted by atomic mass is 9.47. The van der Waals surface area contributed by atoms with E-state index in [4.69, 9.17) is 14.5 Å². The molecule has 5 atom stereocenters. The molecule has 5 aliphatic carbocycles. The van der Waals surface area contributed by atoms with Crippen molar-refractivity contribution in [3.05, 3.63) is 41.0 Å². The molecule has 298 valence electrons. The maximum absolute atomic E-state index is 14.1. The number of thiazole rings is 1. The van der Waals surface area contributed by atoms with Crippen LogP contribution in [-0.2, 0) is 40.2 Å². The van der Waals surface area contributed by atoms with E-state index in [1.807, 2.05) is 57.5 Å². The Morgan fingerprint density at radius 3 is 2.35 bits per heavy atom. The van der Waals surface area contributed by atoms with Crippen molar-refractivity contribution in [2.45, 2.75) is 135 Å². The lowest BCUT2D eigenvalue weighted by Crippen LogP contribution is -2.65. The molecule has 1 aromatic carbocycles. The van der Waals surface area contributed by atoms with Crippen molar-refractivity contribution in [2.75, 3.05) is 13.1 Å². The smallest absolute Gasteiger partial charge is 0.246 e. The van der Waals surface area contributed by atoms with Crippen molar-refractivity contribution in [1.29, 1.82) is 0 Å². The van der Waals surface area contributed by atoms with Crippen LogP contribution in [0.3, 0.4) is 0 Å². The second kappa shape index (κ2) is 14.5. The molecule has 7 aliphatic rings. The molecule has 9 rings (SSSR count). The third-order valence-electron chi connectivity index (χ3n) is 13.2. The van der Waals surface area contributed by atoms with Gasteiger partial charge >= 0.3 is 0 Å². The van der Waals surface area contributed by atoms with Crippen LogP contribution in [0.2, 0.25) is 0 Å². The minimum Gasteiger partial charge on any atom is -0.391 e. The average molecular weight is 778 g/mol. The average Bonchev–Trinajstić information content (AvgIpc) is 3.87. The largest absolute Gasteiger partial charge is 0.391 e. The fourth-order valence-corrected chi connectivity index (χ4v) is 11.4. The van der Waals surface area contributed by atoms with Gasteiger partial charge < -0.3 is 30.7 Å². The number of nitrogens with one attached hydrogen (secondary N) is 3. The molecular weight excluding hydrogens is 723 g/mol. The highest BCUT2D eigenvalue weighted by Gasteiger charge is 2.71. The molecule has 4 N–H and O–H groups in total. The van der Waals surface area contributed by atoms with E-state index < -0.39 is 52.4 Å². The van der Waals surface area contributed by atoms with Crippen molar-refractivity contribution >= 4 is 35.0 Å². The van der Waals surface area contributed by atoms with Crippen LogP contribution < -0.4 is 16.0 Å². The zero-order valence-electron chi connectivity index (χ0n) is 32.4. The third kappa shape index (κ3) is 7.22. The SMILES string of the molecule is Cc1ncsc1-c1ccc(CNC(=O)C2CC(O)CN2C(=O)C(NC(=O)CNC(=O)C23CC4CC(C2)C2(OOC5(CCCCC5)O2)C(C4)C3)C(C)(C)C)cc1. The molecule has 2 saturated heterocycles. The Bertz CT molecular complexity index is 1790. The molecule has 7 fully saturated rings. The Balaban J connectivity index is 0.871. The first-order valence-electron chi connectivity index (χ1n) is 20.1. The monoisotopic (exact) mass is 777 g/mol. The number of benzene rings is 1. The summed E-state index contributed by atoms with van der Waals surface area (Å²) in [5.74, 6) is -2.45. The summed E-state index contributed by atoms with van der Waals surface area (Å²) in [6.07, 6.45) is 8.02. The number of aliphatic hydroxyl groups is 1. The molecule has 13 nitrogen and oxygen atoms in total. The van der Waals surface area contributed by atoms with E-state index in [0.717, 1.165) is 66.6 Å². The number of aliphatic hydroxyl groups excluding tert-OH is 1. The van der Waals surface area contributed by atoms with E-state index in [2.05, 4.69) is 20.9 Å². The minimum atomic E-state index is -0.997. The summed E-state index contributed by atoms with van der Waals surface area (Å²) in [6.45, 7) is 7.45. The van der Waals surface area contributed by atoms with Crippen molar-refractivity contribution in [1.82, 2.24) is 25.8 Å². The number of hydrogen-bond donors (Lipinski definition) is 4.